The van der Waals surface area contributed by atoms with Gasteiger partial charge in [-0.05, 0) is 24.6 Å². The van der Waals surface area contributed by atoms with Crippen molar-refractivity contribution in [2.75, 3.05) is 5.32 Å². The van der Waals surface area contributed by atoms with E-state index < -0.39 is 0 Å². The second kappa shape index (κ2) is 7.74. The lowest BCUT2D eigenvalue weighted by molar-refractivity contribution is 0.974. The monoisotopic (exact) mass is 322 g/mol. The lowest BCUT2D eigenvalue weighted by Gasteiger charge is -2.07. The van der Waals surface area contributed by atoms with Crippen LogP contribution in [0.25, 0.3) is 0 Å². The van der Waals surface area contributed by atoms with Gasteiger partial charge < -0.3 is 5.32 Å². The van der Waals surface area contributed by atoms with Crippen molar-refractivity contribution < 1.29 is 0 Å². The van der Waals surface area contributed by atoms with Crippen LogP contribution >= 0.6 is 11.8 Å². The Balaban J connectivity index is 1.59. The first-order chi connectivity index (χ1) is 11.3. The molecule has 4 nitrogen and oxygen atoms in total. The zero-order valence-electron chi connectivity index (χ0n) is 12.9. The molecule has 0 aliphatic carbocycles. The van der Waals surface area contributed by atoms with E-state index in [1.165, 1.54) is 5.56 Å². The molecular formula is C18H18N4S. The Morgan fingerprint density at radius 3 is 2.65 bits per heavy atom. The van der Waals surface area contributed by atoms with E-state index in [9.17, 15) is 0 Å². The second-order valence-corrected chi connectivity index (χ2v) is 6.14. The lowest BCUT2D eigenvalue weighted by Crippen LogP contribution is -2.04. The van der Waals surface area contributed by atoms with Crippen LogP contribution in [0.3, 0.4) is 0 Å². The molecule has 2 aromatic heterocycles. The van der Waals surface area contributed by atoms with Crippen molar-refractivity contribution in [2.45, 2.75) is 24.2 Å². The van der Waals surface area contributed by atoms with Gasteiger partial charge in [0.05, 0.1) is 24.6 Å². The minimum absolute atomic E-state index is 0.642. The Morgan fingerprint density at radius 1 is 0.957 bits per heavy atom. The van der Waals surface area contributed by atoms with Crippen LogP contribution in [0, 0.1) is 6.92 Å². The molecule has 0 amide bonds. The number of rotatable bonds is 6. The summed E-state index contributed by atoms with van der Waals surface area (Å²) in [6.45, 7) is 2.63. The summed E-state index contributed by atoms with van der Waals surface area (Å²) >= 11 is 1.68. The minimum Gasteiger partial charge on any atom is -0.363 e. The smallest absolute Gasteiger partial charge is 0.146 e. The zero-order valence-corrected chi connectivity index (χ0v) is 13.8. The molecule has 116 valence electrons. The van der Waals surface area contributed by atoms with Gasteiger partial charge in [-0.15, -0.1) is 11.8 Å². The number of aromatic nitrogens is 3. The number of thioether (sulfide) groups is 1. The predicted molar refractivity (Wildman–Crippen MR) is 94.3 cm³/mol. The summed E-state index contributed by atoms with van der Waals surface area (Å²) in [5.41, 5.74) is 3.29. The fourth-order valence-corrected chi connectivity index (χ4v) is 2.92. The van der Waals surface area contributed by atoms with Gasteiger partial charge >= 0.3 is 0 Å². The minimum atomic E-state index is 0.642. The molecule has 0 radical (unpaired) electrons. The van der Waals surface area contributed by atoms with Crippen molar-refractivity contribution in [3.05, 3.63) is 77.9 Å². The second-order valence-electron chi connectivity index (χ2n) is 5.14. The number of hydrogen-bond donors (Lipinski definition) is 1. The van der Waals surface area contributed by atoms with E-state index in [2.05, 4.69) is 32.4 Å². The van der Waals surface area contributed by atoms with Crippen LogP contribution in [-0.4, -0.2) is 15.0 Å². The number of pyridine rings is 1. The van der Waals surface area contributed by atoms with Crippen molar-refractivity contribution in [2.24, 2.45) is 0 Å². The van der Waals surface area contributed by atoms with Gasteiger partial charge in [0.2, 0.25) is 0 Å². The van der Waals surface area contributed by atoms with Crippen molar-refractivity contribution in [3.8, 4) is 0 Å². The molecular weight excluding hydrogens is 304 g/mol. The number of benzene rings is 1. The molecule has 0 aliphatic rings. The number of aryl methyl sites for hydroxylation is 1. The summed E-state index contributed by atoms with van der Waals surface area (Å²) in [6.07, 6.45) is 3.53. The third-order valence-electron chi connectivity index (χ3n) is 3.24. The van der Waals surface area contributed by atoms with Gasteiger partial charge in [-0.25, -0.2) is 4.98 Å². The molecule has 1 N–H and O–H groups in total. The molecule has 3 aromatic rings. The predicted octanol–water partition coefficient (Wildman–Crippen LogP) is 4.08. The maximum Gasteiger partial charge on any atom is 0.146 e. The standard InChI is InChI=1S/C18H18N4S/c1-14-6-5-9-16(21-14)10-20-17-11-19-12-18(22-17)23-13-15-7-3-2-4-8-15/h2-9,11-12H,10,13H2,1H3,(H,20,22). The van der Waals surface area contributed by atoms with Crippen LogP contribution in [0.1, 0.15) is 17.0 Å². The average Bonchev–Trinajstić information content (AvgIpc) is 2.60. The summed E-state index contributed by atoms with van der Waals surface area (Å²) in [7, 11) is 0. The first-order valence-electron chi connectivity index (χ1n) is 7.45. The molecule has 0 saturated carbocycles. The molecule has 0 unspecified atom stereocenters. The summed E-state index contributed by atoms with van der Waals surface area (Å²) in [5, 5.41) is 4.19. The normalized spacial score (nSPS) is 10.5. The van der Waals surface area contributed by atoms with Gasteiger partial charge in [-0.3, -0.25) is 9.97 Å². The van der Waals surface area contributed by atoms with Crippen molar-refractivity contribution in [1.82, 2.24) is 15.0 Å². The van der Waals surface area contributed by atoms with E-state index in [-0.39, 0.29) is 0 Å². The molecule has 5 heteroatoms. The molecule has 3 rings (SSSR count). The van der Waals surface area contributed by atoms with E-state index in [4.69, 9.17) is 0 Å². The van der Waals surface area contributed by atoms with E-state index in [0.717, 1.165) is 28.0 Å². The topological polar surface area (TPSA) is 50.7 Å². The van der Waals surface area contributed by atoms with Gasteiger partial charge in [-0.2, -0.15) is 0 Å². The van der Waals surface area contributed by atoms with Gasteiger partial charge in [-0.1, -0.05) is 36.4 Å². The Bertz CT molecular complexity index is 762. The first kappa shape index (κ1) is 15.5. The SMILES string of the molecule is Cc1cccc(CNc2cncc(SCc3ccccc3)n2)n1. The maximum atomic E-state index is 4.59. The Labute approximate surface area is 140 Å². The highest BCUT2D eigenvalue weighted by molar-refractivity contribution is 7.98. The molecule has 0 fully saturated rings. The highest BCUT2D eigenvalue weighted by Gasteiger charge is 2.02. The molecule has 0 aliphatic heterocycles. The van der Waals surface area contributed by atoms with E-state index in [1.807, 2.05) is 43.3 Å². The van der Waals surface area contributed by atoms with Crippen molar-refractivity contribution >= 4 is 17.6 Å². The highest BCUT2D eigenvalue weighted by Crippen LogP contribution is 2.21. The fraction of sp³-hybridized carbons (Fsp3) is 0.167. The molecule has 0 spiro atoms. The Morgan fingerprint density at radius 2 is 1.83 bits per heavy atom. The quantitative estimate of drug-likeness (QED) is 0.693. The van der Waals surface area contributed by atoms with Gasteiger partial charge in [0.1, 0.15) is 10.8 Å². The maximum absolute atomic E-state index is 4.59. The van der Waals surface area contributed by atoms with Crippen molar-refractivity contribution in [1.29, 1.82) is 0 Å². The van der Waals surface area contributed by atoms with Crippen LogP contribution in [0.4, 0.5) is 5.82 Å². The molecule has 0 atom stereocenters. The number of anilines is 1. The third kappa shape index (κ3) is 4.79. The van der Waals surface area contributed by atoms with Crippen molar-refractivity contribution in [3.63, 3.8) is 0 Å². The lowest BCUT2D eigenvalue weighted by atomic mass is 10.2. The molecule has 23 heavy (non-hydrogen) atoms. The Hall–Kier alpha value is -2.40. The molecule has 1 aromatic carbocycles. The van der Waals surface area contributed by atoms with Crippen LogP contribution in [-0.2, 0) is 12.3 Å². The molecule has 0 saturated heterocycles. The summed E-state index contributed by atoms with van der Waals surface area (Å²) < 4.78 is 0. The highest BCUT2D eigenvalue weighted by atomic mass is 32.2. The third-order valence-corrected chi connectivity index (χ3v) is 4.21. The van der Waals surface area contributed by atoms with Crippen LogP contribution in [0.15, 0.2) is 66.0 Å². The van der Waals surface area contributed by atoms with Gasteiger partial charge in [0, 0.05) is 11.4 Å². The summed E-state index contributed by atoms with van der Waals surface area (Å²) in [5.74, 6) is 1.66. The van der Waals surface area contributed by atoms with Gasteiger partial charge in [0.25, 0.3) is 0 Å². The van der Waals surface area contributed by atoms with Crippen LogP contribution in [0.5, 0.6) is 0 Å². The molecule has 2 heterocycles. The number of nitrogens with one attached hydrogen (secondary N) is 1. The Kier molecular flexibility index (Phi) is 5.21. The van der Waals surface area contributed by atoms with E-state index in [0.29, 0.717) is 6.54 Å². The fourth-order valence-electron chi connectivity index (χ4n) is 2.11. The molecule has 0 bridgehead atoms. The van der Waals surface area contributed by atoms with E-state index in [1.54, 1.807) is 24.2 Å². The largest absolute Gasteiger partial charge is 0.363 e. The summed E-state index contributed by atoms with van der Waals surface area (Å²) in [6, 6.07) is 16.4. The number of hydrogen-bond acceptors (Lipinski definition) is 5. The van der Waals surface area contributed by atoms with E-state index >= 15 is 0 Å². The first-order valence-corrected chi connectivity index (χ1v) is 8.43. The average molecular weight is 322 g/mol. The van der Waals surface area contributed by atoms with Crippen LogP contribution in [0.2, 0.25) is 0 Å². The summed E-state index contributed by atoms with van der Waals surface area (Å²) in [4.78, 5) is 13.3. The number of nitrogens with zero attached hydrogens (tertiary/aromatic N) is 3. The van der Waals surface area contributed by atoms with Crippen LogP contribution < -0.4 is 5.32 Å². The zero-order chi connectivity index (χ0) is 15.9. The van der Waals surface area contributed by atoms with Gasteiger partial charge in [0.15, 0.2) is 0 Å².